The summed E-state index contributed by atoms with van der Waals surface area (Å²) in [5.74, 6) is -1.20. The van der Waals surface area contributed by atoms with Crippen LogP contribution in [0.4, 0.5) is 8.78 Å². The van der Waals surface area contributed by atoms with E-state index in [1.165, 1.54) is 6.07 Å². The van der Waals surface area contributed by atoms with Crippen molar-refractivity contribution in [2.24, 2.45) is 0 Å². The molecule has 0 aliphatic heterocycles. The van der Waals surface area contributed by atoms with Gasteiger partial charge in [-0.05, 0) is 31.2 Å². The molecule has 2 aromatic rings. The van der Waals surface area contributed by atoms with Crippen molar-refractivity contribution < 1.29 is 18.3 Å². The van der Waals surface area contributed by atoms with E-state index in [-0.39, 0.29) is 17.7 Å². The van der Waals surface area contributed by atoms with Gasteiger partial charge in [0.15, 0.2) is 11.6 Å². The van der Waals surface area contributed by atoms with Crippen LogP contribution in [0.3, 0.4) is 0 Å². The first-order valence-corrected chi connectivity index (χ1v) is 8.00. The van der Waals surface area contributed by atoms with E-state index in [9.17, 15) is 13.6 Å². The fraction of sp³-hybridized carbons (Fsp3) is 0.235. The number of rotatable bonds is 6. The molecule has 0 bridgehead atoms. The molecule has 2 rings (SSSR count). The van der Waals surface area contributed by atoms with Gasteiger partial charge in [0.05, 0.1) is 18.9 Å². The second kappa shape index (κ2) is 7.97. The average Bonchev–Trinajstić information content (AvgIpc) is 2.55. The monoisotopic (exact) mass is 337 g/mol. The van der Waals surface area contributed by atoms with E-state index in [0.717, 1.165) is 29.5 Å². The highest BCUT2D eigenvalue weighted by Gasteiger charge is 2.14. The molecule has 23 heavy (non-hydrogen) atoms. The van der Waals surface area contributed by atoms with Crippen LogP contribution in [0.2, 0.25) is 0 Å². The molecule has 1 amide bonds. The van der Waals surface area contributed by atoms with E-state index in [1.807, 2.05) is 31.2 Å². The summed E-state index contributed by atoms with van der Waals surface area (Å²) in [6.45, 7) is 1.86. The summed E-state index contributed by atoms with van der Waals surface area (Å²) in [6.07, 6.45) is 0. The predicted molar refractivity (Wildman–Crippen MR) is 86.6 cm³/mol. The average molecular weight is 337 g/mol. The molecule has 1 unspecified atom stereocenters. The first-order chi connectivity index (χ1) is 11.0. The van der Waals surface area contributed by atoms with E-state index >= 15 is 0 Å². The molecule has 3 nitrogen and oxygen atoms in total. The van der Waals surface area contributed by atoms with Crippen LogP contribution in [0, 0.1) is 11.6 Å². The van der Waals surface area contributed by atoms with Gasteiger partial charge in [0.1, 0.15) is 5.75 Å². The topological polar surface area (TPSA) is 38.3 Å². The fourth-order valence-electron chi connectivity index (χ4n) is 2.10. The first-order valence-electron chi connectivity index (χ1n) is 7.01. The number of ether oxygens (including phenoxy) is 1. The molecule has 2 aromatic carbocycles. The number of thioether (sulfide) groups is 1. The number of para-hydroxylation sites is 1. The van der Waals surface area contributed by atoms with Crippen molar-refractivity contribution in [3.8, 4) is 5.75 Å². The molecular weight excluding hydrogens is 320 g/mol. The van der Waals surface area contributed by atoms with Crippen molar-refractivity contribution in [1.29, 1.82) is 0 Å². The van der Waals surface area contributed by atoms with E-state index < -0.39 is 11.6 Å². The molecule has 0 fully saturated rings. The van der Waals surface area contributed by atoms with Crippen molar-refractivity contribution in [2.75, 3.05) is 12.9 Å². The summed E-state index contributed by atoms with van der Waals surface area (Å²) in [4.78, 5) is 12.5. The second-order valence-corrected chi connectivity index (χ2v) is 5.94. The van der Waals surface area contributed by atoms with E-state index in [0.29, 0.717) is 10.6 Å². The summed E-state index contributed by atoms with van der Waals surface area (Å²) in [5.41, 5.74) is 0.876. The third kappa shape index (κ3) is 4.69. The highest BCUT2D eigenvalue weighted by Crippen LogP contribution is 2.25. The van der Waals surface area contributed by atoms with Crippen LogP contribution in [-0.2, 0) is 4.79 Å². The molecule has 0 aromatic heterocycles. The van der Waals surface area contributed by atoms with Gasteiger partial charge in [-0.25, -0.2) is 8.78 Å². The fourth-order valence-corrected chi connectivity index (χ4v) is 2.83. The highest BCUT2D eigenvalue weighted by atomic mass is 32.2. The number of hydrogen-bond donors (Lipinski definition) is 1. The normalized spacial score (nSPS) is 11.8. The van der Waals surface area contributed by atoms with Crippen molar-refractivity contribution in [3.63, 3.8) is 0 Å². The molecule has 0 saturated heterocycles. The number of benzene rings is 2. The lowest BCUT2D eigenvalue weighted by atomic mass is 10.1. The molecule has 1 atom stereocenters. The highest BCUT2D eigenvalue weighted by molar-refractivity contribution is 8.00. The Bertz CT molecular complexity index is 694. The Balaban J connectivity index is 1.92. The Morgan fingerprint density at radius 1 is 1.22 bits per heavy atom. The number of amides is 1. The molecule has 0 radical (unpaired) electrons. The van der Waals surface area contributed by atoms with Gasteiger partial charge >= 0.3 is 0 Å². The predicted octanol–water partition coefficient (Wildman–Crippen LogP) is 3.94. The Morgan fingerprint density at radius 3 is 2.65 bits per heavy atom. The van der Waals surface area contributed by atoms with Crippen molar-refractivity contribution in [3.05, 3.63) is 59.7 Å². The Morgan fingerprint density at radius 2 is 1.96 bits per heavy atom. The Labute approximate surface area is 138 Å². The minimum absolute atomic E-state index is 0.116. The van der Waals surface area contributed by atoms with Crippen LogP contribution < -0.4 is 10.1 Å². The summed E-state index contributed by atoms with van der Waals surface area (Å²) in [5, 5.41) is 2.86. The smallest absolute Gasteiger partial charge is 0.230 e. The quantitative estimate of drug-likeness (QED) is 0.812. The number of methoxy groups -OCH3 is 1. The number of nitrogens with one attached hydrogen (secondary N) is 1. The largest absolute Gasteiger partial charge is 0.496 e. The maximum atomic E-state index is 13.1. The Kier molecular flexibility index (Phi) is 5.98. The minimum Gasteiger partial charge on any atom is -0.496 e. The van der Waals surface area contributed by atoms with Crippen LogP contribution in [0.1, 0.15) is 18.5 Å². The van der Waals surface area contributed by atoms with Crippen LogP contribution in [0.25, 0.3) is 0 Å². The third-order valence-corrected chi connectivity index (χ3v) is 4.24. The van der Waals surface area contributed by atoms with Gasteiger partial charge in [0, 0.05) is 10.5 Å². The summed E-state index contributed by atoms with van der Waals surface area (Å²) >= 11 is 1.15. The molecule has 0 saturated carbocycles. The molecule has 6 heteroatoms. The molecule has 0 aliphatic rings. The maximum absolute atomic E-state index is 13.1. The standard InChI is InChI=1S/C17H17F2NO2S/c1-11(13-5-3-4-6-16(13)22-2)20-17(21)10-23-12-7-8-14(18)15(19)9-12/h3-9,11H,10H2,1-2H3,(H,20,21). The zero-order valence-electron chi connectivity index (χ0n) is 12.8. The minimum atomic E-state index is -0.919. The number of carbonyl (C=O) groups excluding carboxylic acids is 1. The summed E-state index contributed by atoms with van der Waals surface area (Å²) < 4.78 is 31.2. The van der Waals surface area contributed by atoms with Crippen molar-refractivity contribution in [1.82, 2.24) is 5.32 Å². The van der Waals surface area contributed by atoms with Gasteiger partial charge < -0.3 is 10.1 Å². The summed E-state index contributed by atoms with van der Waals surface area (Å²) in [7, 11) is 1.58. The van der Waals surface area contributed by atoms with Gasteiger partial charge in [-0.3, -0.25) is 4.79 Å². The molecule has 0 aliphatic carbocycles. The maximum Gasteiger partial charge on any atom is 0.230 e. The number of halogens is 2. The summed E-state index contributed by atoms with van der Waals surface area (Å²) in [6, 6.07) is 10.8. The van der Waals surface area contributed by atoms with Gasteiger partial charge in [-0.1, -0.05) is 18.2 Å². The van der Waals surface area contributed by atoms with Gasteiger partial charge in [0.25, 0.3) is 0 Å². The zero-order chi connectivity index (χ0) is 16.8. The molecule has 1 N–H and O–H groups in total. The molecule has 0 heterocycles. The number of hydrogen-bond acceptors (Lipinski definition) is 3. The molecular formula is C17H17F2NO2S. The van der Waals surface area contributed by atoms with Crippen LogP contribution in [-0.4, -0.2) is 18.8 Å². The van der Waals surface area contributed by atoms with Crippen molar-refractivity contribution in [2.45, 2.75) is 17.9 Å². The van der Waals surface area contributed by atoms with Crippen LogP contribution >= 0.6 is 11.8 Å². The SMILES string of the molecule is COc1ccccc1C(C)NC(=O)CSc1ccc(F)c(F)c1. The van der Waals surface area contributed by atoms with Gasteiger partial charge in [-0.2, -0.15) is 0 Å². The van der Waals surface area contributed by atoms with E-state index in [2.05, 4.69) is 5.32 Å². The molecule has 0 spiro atoms. The lowest BCUT2D eigenvalue weighted by molar-refractivity contribution is -0.119. The molecule has 122 valence electrons. The Hall–Kier alpha value is -2.08. The lowest BCUT2D eigenvalue weighted by Crippen LogP contribution is -2.28. The van der Waals surface area contributed by atoms with Gasteiger partial charge in [0.2, 0.25) is 5.91 Å². The van der Waals surface area contributed by atoms with Crippen LogP contribution in [0.5, 0.6) is 5.75 Å². The zero-order valence-corrected chi connectivity index (χ0v) is 13.6. The lowest BCUT2D eigenvalue weighted by Gasteiger charge is -2.17. The van der Waals surface area contributed by atoms with E-state index in [4.69, 9.17) is 4.74 Å². The van der Waals surface area contributed by atoms with Crippen molar-refractivity contribution >= 4 is 17.7 Å². The number of carbonyl (C=O) groups is 1. The van der Waals surface area contributed by atoms with Crippen LogP contribution in [0.15, 0.2) is 47.4 Å². The third-order valence-electron chi connectivity index (χ3n) is 3.24. The second-order valence-electron chi connectivity index (χ2n) is 4.90. The van der Waals surface area contributed by atoms with E-state index in [1.54, 1.807) is 7.11 Å². The first kappa shape index (κ1) is 17.3. The van der Waals surface area contributed by atoms with Gasteiger partial charge in [-0.15, -0.1) is 11.8 Å².